The summed E-state index contributed by atoms with van der Waals surface area (Å²) >= 11 is 0. The minimum absolute atomic E-state index is 0.114. The number of nitrogens with one attached hydrogen (secondary N) is 1. The van der Waals surface area contributed by atoms with E-state index >= 15 is 0 Å². The molecule has 158 valence electrons. The van der Waals surface area contributed by atoms with Crippen molar-refractivity contribution in [1.82, 2.24) is 19.5 Å². The van der Waals surface area contributed by atoms with Crippen LogP contribution in [-0.4, -0.2) is 39.1 Å². The van der Waals surface area contributed by atoms with Crippen LogP contribution in [0.3, 0.4) is 0 Å². The minimum Gasteiger partial charge on any atom is -0.323 e. The van der Waals surface area contributed by atoms with Gasteiger partial charge in [-0.25, -0.2) is 23.4 Å². The highest BCUT2D eigenvalue weighted by Crippen LogP contribution is 2.18. The monoisotopic (exact) mass is 427 g/mol. The Morgan fingerprint density at radius 2 is 1.67 bits per heavy atom. The van der Waals surface area contributed by atoms with Crippen LogP contribution in [0.15, 0.2) is 41.6 Å². The molecule has 0 aliphatic rings. The van der Waals surface area contributed by atoms with Crippen LogP contribution < -0.4 is 5.32 Å². The molecule has 30 heavy (non-hydrogen) atoms. The summed E-state index contributed by atoms with van der Waals surface area (Å²) in [5, 5.41) is 2.27. The summed E-state index contributed by atoms with van der Waals surface area (Å²) in [6, 6.07) is 6.38. The summed E-state index contributed by atoms with van der Waals surface area (Å²) < 4.78 is 26.2. The molecule has 0 saturated heterocycles. The lowest BCUT2D eigenvalue weighted by molar-refractivity contribution is -0.115. The first-order chi connectivity index (χ1) is 14.1. The number of aromatic nitrogens is 4. The predicted molar refractivity (Wildman–Crippen MR) is 114 cm³/mol. The molecule has 1 N–H and O–H groups in total. The van der Waals surface area contributed by atoms with E-state index in [4.69, 9.17) is 0 Å². The number of aryl methyl sites for hydroxylation is 2. The van der Waals surface area contributed by atoms with Gasteiger partial charge in [-0.05, 0) is 52.3 Å². The smallest absolute Gasteiger partial charge is 0.235 e. The number of sulfone groups is 1. The SMILES string of the molecule is Cc1nc(C)n(-c2ncc(NC(=O)Cc3ccc(S(=O)(=O)C(C)C)cc3)cn2)c1C. The zero-order valence-corrected chi connectivity index (χ0v) is 18.5. The van der Waals surface area contributed by atoms with Crippen LogP contribution in [0.25, 0.3) is 5.95 Å². The average Bonchev–Trinajstić information content (AvgIpc) is 2.94. The van der Waals surface area contributed by atoms with Gasteiger partial charge in [0.1, 0.15) is 5.82 Å². The van der Waals surface area contributed by atoms with E-state index in [1.165, 1.54) is 12.1 Å². The fourth-order valence-electron chi connectivity index (χ4n) is 3.03. The molecule has 0 aliphatic carbocycles. The Bertz CT molecular complexity index is 1160. The number of hydrogen-bond donors (Lipinski definition) is 1. The topological polar surface area (TPSA) is 107 Å². The van der Waals surface area contributed by atoms with Gasteiger partial charge in [0.05, 0.1) is 40.3 Å². The van der Waals surface area contributed by atoms with Gasteiger partial charge in [-0.2, -0.15) is 0 Å². The molecular weight excluding hydrogens is 402 g/mol. The molecule has 0 bridgehead atoms. The van der Waals surface area contributed by atoms with Crippen molar-refractivity contribution in [2.24, 2.45) is 0 Å². The zero-order valence-electron chi connectivity index (χ0n) is 17.7. The highest BCUT2D eigenvalue weighted by molar-refractivity contribution is 7.92. The Morgan fingerprint density at radius 1 is 1.07 bits per heavy atom. The molecule has 1 amide bonds. The van der Waals surface area contributed by atoms with Crippen LogP contribution in [0.5, 0.6) is 0 Å². The summed E-state index contributed by atoms with van der Waals surface area (Å²) in [6.07, 6.45) is 3.21. The highest BCUT2D eigenvalue weighted by Gasteiger charge is 2.19. The standard InChI is InChI=1S/C21H25N5O3S/c1-13(2)30(28,29)19-8-6-17(7-9-19)10-20(27)25-18-11-22-21(23-12-18)26-15(4)14(3)24-16(26)5/h6-9,11-13H,10H2,1-5H3,(H,25,27). The molecule has 0 spiro atoms. The summed E-state index contributed by atoms with van der Waals surface area (Å²) in [7, 11) is -3.33. The maximum atomic E-state index is 12.3. The molecule has 9 heteroatoms. The molecule has 1 aromatic carbocycles. The first kappa shape index (κ1) is 21.6. The van der Waals surface area contributed by atoms with E-state index in [2.05, 4.69) is 20.3 Å². The van der Waals surface area contributed by atoms with Crippen LogP contribution >= 0.6 is 0 Å². The molecule has 2 aromatic heterocycles. The fourth-order valence-corrected chi connectivity index (χ4v) is 4.09. The summed E-state index contributed by atoms with van der Waals surface area (Å²) in [5.41, 5.74) is 3.08. The maximum absolute atomic E-state index is 12.3. The lowest BCUT2D eigenvalue weighted by Crippen LogP contribution is -2.16. The molecule has 0 saturated carbocycles. The molecule has 0 radical (unpaired) electrons. The molecule has 0 atom stereocenters. The van der Waals surface area contributed by atoms with Crippen LogP contribution in [-0.2, 0) is 21.1 Å². The molecule has 2 heterocycles. The number of carbonyl (C=O) groups excluding carboxylic acids is 1. The van der Waals surface area contributed by atoms with Crippen molar-refractivity contribution in [2.75, 3.05) is 5.32 Å². The summed E-state index contributed by atoms with van der Waals surface area (Å²) in [6.45, 7) is 9.04. The van der Waals surface area contributed by atoms with Crippen LogP contribution in [0.1, 0.15) is 36.6 Å². The van der Waals surface area contributed by atoms with Gasteiger partial charge in [-0.15, -0.1) is 0 Å². The van der Waals surface area contributed by atoms with E-state index in [0.29, 0.717) is 17.2 Å². The Labute approximate surface area is 176 Å². The Kier molecular flexibility index (Phi) is 6.02. The van der Waals surface area contributed by atoms with Gasteiger partial charge in [-0.3, -0.25) is 9.36 Å². The third kappa shape index (κ3) is 4.40. The van der Waals surface area contributed by atoms with Gasteiger partial charge in [0.15, 0.2) is 9.84 Å². The predicted octanol–water partition coefficient (Wildman–Crippen LogP) is 2.95. The molecule has 3 aromatic rings. The number of rotatable bonds is 6. The van der Waals surface area contributed by atoms with E-state index in [1.54, 1.807) is 38.4 Å². The molecule has 8 nitrogen and oxygen atoms in total. The highest BCUT2D eigenvalue weighted by atomic mass is 32.2. The third-order valence-corrected chi connectivity index (χ3v) is 7.04. The van der Waals surface area contributed by atoms with Crippen molar-refractivity contribution < 1.29 is 13.2 Å². The fraction of sp³-hybridized carbons (Fsp3) is 0.333. The largest absolute Gasteiger partial charge is 0.323 e. The number of nitrogens with zero attached hydrogens (tertiary/aromatic N) is 4. The number of anilines is 1. The second-order valence-corrected chi connectivity index (χ2v) is 9.90. The molecule has 0 fully saturated rings. The van der Waals surface area contributed by atoms with Gasteiger partial charge < -0.3 is 5.32 Å². The Balaban J connectivity index is 1.67. The van der Waals surface area contributed by atoms with E-state index in [-0.39, 0.29) is 17.2 Å². The minimum atomic E-state index is -3.33. The van der Waals surface area contributed by atoms with E-state index in [0.717, 1.165) is 17.2 Å². The number of benzene rings is 1. The lowest BCUT2D eigenvalue weighted by Gasteiger charge is -2.09. The zero-order chi connectivity index (χ0) is 22.1. The molecular formula is C21H25N5O3S. The number of hydrogen-bond acceptors (Lipinski definition) is 6. The van der Waals surface area contributed by atoms with Crippen molar-refractivity contribution in [2.45, 2.75) is 51.2 Å². The summed E-state index contributed by atoms with van der Waals surface area (Å²) in [4.78, 5) is 25.7. The molecule has 3 rings (SSSR count). The van der Waals surface area contributed by atoms with Crippen LogP contribution in [0.2, 0.25) is 0 Å². The normalized spacial score (nSPS) is 11.7. The Morgan fingerprint density at radius 3 is 2.17 bits per heavy atom. The molecule has 0 aliphatic heterocycles. The van der Waals surface area contributed by atoms with E-state index < -0.39 is 15.1 Å². The van der Waals surface area contributed by atoms with Crippen molar-refractivity contribution in [1.29, 1.82) is 0 Å². The number of imidazole rings is 1. The number of carbonyl (C=O) groups is 1. The first-order valence-corrected chi connectivity index (χ1v) is 11.1. The van der Waals surface area contributed by atoms with Crippen molar-refractivity contribution in [3.05, 3.63) is 59.4 Å². The van der Waals surface area contributed by atoms with Gasteiger partial charge in [-0.1, -0.05) is 12.1 Å². The second-order valence-electron chi connectivity index (χ2n) is 7.40. The van der Waals surface area contributed by atoms with E-state index in [1.807, 2.05) is 25.3 Å². The van der Waals surface area contributed by atoms with Crippen molar-refractivity contribution >= 4 is 21.4 Å². The lowest BCUT2D eigenvalue weighted by atomic mass is 10.1. The van der Waals surface area contributed by atoms with Gasteiger partial charge >= 0.3 is 0 Å². The van der Waals surface area contributed by atoms with Gasteiger partial charge in [0.2, 0.25) is 11.9 Å². The molecule has 0 unspecified atom stereocenters. The van der Waals surface area contributed by atoms with Crippen LogP contribution in [0, 0.1) is 20.8 Å². The van der Waals surface area contributed by atoms with Crippen LogP contribution in [0.4, 0.5) is 5.69 Å². The maximum Gasteiger partial charge on any atom is 0.235 e. The summed E-state index contributed by atoms with van der Waals surface area (Å²) in [5.74, 6) is 1.05. The van der Waals surface area contributed by atoms with Crippen molar-refractivity contribution in [3.63, 3.8) is 0 Å². The van der Waals surface area contributed by atoms with E-state index in [9.17, 15) is 13.2 Å². The first-order valence-electron chi connectivity index (χ1n) is 9.57. The average molecular weight is 428 g/mol. The second kappa shape index (κ2) is 8.35. The third-order valence-electron chi connectivity index (χ3n) is 4.87. The quantitative estimate of drug-likeness (QED) is 0.648. The Hall–Kier alpha value is -3.07. The van der Waals surface area contributed by atoms with Gasteiger partial charge in [0.25, 0.3) is 0 Å². The number of amides is 1. The van der Waals surface area contributed by atoms with Crippen molar-refractivity contribution in [3.8, 4) is 5.95 Å². The van der Waals surface area contributed by atoms with Gasteiger partial charge in [0, 0.05) is 5.69 Å².